The molecule has 4 rings (SSSR count). The van der Waals surface area contributed by atoms with Crippen molar-refractivity contribution >= 4 is 29.3 Å². The van der Waals surface area contributed by atoms with Gasteiger partial charge in [-0.1, -0.05) is 36.4 Å². The summed E-state index contributed by atoms with van der Waals surface area (Å²) in [5.74, 6) is 0.732. The fraction of sp³-hybridized carbons (Fsp3) is 0.273. The summed E-state index contributed by atoms with van der Waals surface area (Å²) in [5, 5.41) is 0.438. The van der Waals surface area contributed by atoms with Crippen molar-refractivity contribution in [3.63, 3.8) is 0 Å². The molecule has 0 aliphatic carbocycles. The van der Waals surface area contributed by atoms with Crippen molar-refractivity contribution in [1.82, 2.24) is 4.90 Å². The highest BCUT2D eigenvalue weighted by molar-refractivity contribution is 6.05. The SMILES string of the molecule is Cc1c(-c2ccccc2)oc2c(C(=O)N3CCC(CN)C3)cccc2c1=O.Cl. The van der Waals surface area contributed by atoms with Crippen LogP contribution in [0, 0.1) is 12.8 Å². The summed E-state index contributed by atoms with van der Waals surface area (Å²) in [6.07, 6.45) is 0.908. The summed E-state index contributed by atoms with van der Waals surface area (Å²) < 4.78 is 6.15. The molecule has 1 fully saturated rings. The summed E-state index contributed by atoms with van der Waals surface area (Å²) in [6, 6.07) is 14.7. The highest BCUT2D eigenvalue weighted by Crippen LogP contribution is 2.28. The standard InChI is InChI=1S/C22H22N2O3.ClH/c1-14-19(25)17-8-5-9-18(22(26)24-11-10-15(12-23)13-24)21(17)27-20(14)16-6-3-2-4-7-16;/h2-9,15H,10-13,23H2,1H3;1H. The number of hydrogen-bond donors (Lipinski definition) is 1. The van der Waals surface area contributed by atoms with Crippen LogP contribution in [0.25, 0.3) is 22.3 Å². The molecule has 0 bridgehead atoms. The molecule has 6 heteroatoms. The van der Waals surface area contributed by atoms with Crippen LogP contribution in [-0.2, 0) is 0 Å². The van der Waals surface area contributed by atoms with E-state index in [-0.39, 0.29) is 23.7 Å². The Labute approximate surface area is 169 Å². The number of halogens is 1. The highest BCUT2D eigenvalue weighted by atomic mass is 35.5. The van der Waals surface area contributed by atoms with Crippen molar-refractivity contribution in [2.45, 2.75) is 13.3 Å². The normalized spacial score (nSPS) is 16.2. The molecule has 2 heterocycles. The summed E-state index contributed by atoms with van der Waals surface area (Å²) in [4.78, 5) is 27.8. The summed E-state index contributed by atoms with van der Waals surface area (Å²) in [5.41, 5.74) is 7.79. The molecule has 146 valence electrons. The Kier molecular flexibility index (Phi) is 5.87. The zero-order chi connectivity index (χ0) is 19.0. The van der Waals surface area contributed by atoms with Crippen LogP contribution >= 0.6 is 12.4 Å². The van der Waals surface area contributed by atoms with Crippen molar-refractivity contribution in [2.24, 2.45) is 11.7 Å². The molecule has 1 amide bonds. The largest absolute Gasteiger partial charge is 0.455 e. The van der Waals surface area contributed by atoms with Gasteiger partial charge in [0.2, 0.25) is 0 Å². The molecule has 1 aliphatic rings. The lowest BCUT2D eigenvalue weighted by Gasteiger charge is -2.17. The van der Waals surface area contributed by atoms with E-state index in [4.69, 9.17) is 10.2 Å². The zero-order valence-corrected chi connectivity index (χ0v) is 16.5. The Morgan fingerprint density at radius 3 is 2.61 bits per heavy atom. The van der Waals surface area contributed by atoms with Gasteiger partial charge in [-0.3, -0.25) is 9.59 Å². The van der Waals surface area contributed by atoms with Gasteiger partial charge in [-0.05, 0) is 37.9 Å². The maximum Gasteiger partial charge on any atom is 0.257 e. The second-order valence-corrected chi connectivity index (χ2v) is 7.08. The maximum atomic E-state index is 13.1. The van der Waals surface area contributed by atoms with Gasteiger partial charge in [0.1, 0.15) is 5.76 Å². The minimum absolute atomic E-state index is 0. The lowest BCUT2D eigenvalue weighted by molar-refractivity contribution is 0.0788. The van der Waals surface area contributed by atoms with Crippen molar-refractivity contribution in [1.29, 1.82) is 0 Å². The van der Waals surface area contributed by atoms with Crippen LogP contribution in [-0.4, -0.2) is 30.4 Å². The topological polar surface area (TPSA) is 76.5 Å². The van der Waals surface area contributed by atoms with Gasteiger partial charge in [-0.15, -0.1) is 12.4 Å². The number of carbonyl (C=O) groups is 1. The Morgan fingerprint density at radius 1 is 1.18 bits per heavy atom. The lowest BCUT2D eigenvalue weighted by Crippen LogP contribution is -2.30. The molecule has 28 heavy (non-hydrogen) atoms. The van der Waals surface area contributed by atoms with E-state index in [1.54, 1.807) is 30.0 Å². The number of fused-ring (bicyclic) bond motifs is 1. The third-order valence-electron chi connectivity index (χ3n) is 5.32. The van der Waals surface area contributed by atoms with Crippen LogP contribution in [0.4, 0.5) is 0 Å². The molecule has 1 atom stereocenters. The summed E-state index contributed by atoms with van der Waals surface area (Å²) in [7, 11) is 0. The molecule has 1 aromatic heterocycles. The monoisotopic (exact) mass is 398 g/mol. The Balaban J connectivity index is 0.00000225. The predicted molar refractivity (Wildman–Crippen MR) is 113 cm³/mol. The van der Waals surface area contributed by atoms with E-state index in [1.807, 2.05) is 30.3 Å². The van der Waals surface area contributed by atoms with Crippen LogP contribution in [0.2, 0.25) is 0 Å². The summed E-state index contributed by atoms with van der Waals surface area (Å²) in [6.45, 7) is 3.66. The van der Waals surface area contributed by atoms with Crippen LogP contribution < -0.4 is 11.2 Å². The van der Waals surface area contributed by atoms with Gasteiger partial charge in [0.25, 0.3) is 5.91 Å². The molecule has 1 aliphatic heterocycles. The average molecular weight is 399 g/mol. The fourth-order valence-electron chi connectivity index (χ4n) is 3.72. The number of rotatable bonds is 3. The molecule has 5 nitrogen and oxygen atoms in total. The highest BCUT2D eigenvalue weighted by Gasteiger charge is 2.28. The smallest absolute Gasteiger partial charge is 0.257 e. The number of hydrogen-bond acceptors (Lipinski definition) is 4. The number of likely N-dealkylation sites (tertiary alicyclic amines) is 1. The second-order valence-electron chi connectivity index (χ2n) is 7.08. The van der Waals surface area contributed by atoms with E-state index >= 15 is 0 Å². The van der Waals surface area contributed by atoms with Crippen LogP contribution in [0.5, 0.6) is 0 Å². The van der Waals surface area contributed by atoms with Gasteiger partial charge in [-0.2, -0.15) is 0 Å². The molecule has 2 aromatic carbocycles. The number of nitrogens with two attached hydrogens (primary N) is 1. The van der Waals surface area contributed by atoms with E-state index in [9.17, 15) is 9.59 Å². The first-order chi connectivity index (χ1) is 13.1. The van der Waals surface area contributed by atoms with Crippen LogP contribution in [0.15, 0.2) is 57.7 Å². The van der Waals surface area contributed by atoms with Crippen molar-refractivity contribution in [2.75, 3.05) is 19.6 Å². The zero-order valence-electron chi connectivity index (χ0n) is 15.7. The number of carbonyl (C=O) groups excluding carboxylic acids is 1. The summed E-state index contributed by atoms with van der Waals surface area (Å²) >= 11 is 0. The Morgan fingerprint density at radius 2 is 1.93 bits per heavy atom. The first-order valence-corrected chi connectivity index (χ1v) is 9.21. The van der Waals surface area contributed by atoms with E-state index in [0.717, 1.165) is 12.0 Å². The van der Waals surface area contributed by atoms with E-state index < -0.39 is 0 Å². The minimum atomic E-state index is -0.109. The molecule has 0 spiro atoms. The lowest BCUT2D eigenvalue weighted by atomic mass is 10.0. The molecule has 0 saturated carbocycles. The molecule has 0 radical (unpaired) electrons. The molecular formula is C22H23ClN2O3. The fourth-order valence-corrected chi connectivity index (χ4v) is 3.72. The third-order valence-corrected chi connectivity index (χ3v) is 5.32. The number of benzene rings is 2. The second kappa shape index (κ2) is 8.17. The predicted octanol–water partition coefficient (Wildman–Crippen LogP) is 3.61. The maximum absolute atomic E-state index is 13.1. The number of para-hydroxylation sites is 1. The number of amides is 1. The molecule has 1 unspecified atom stereocenters. The van der Waals surface area contributed by atoms with Gasteiger partial charge in [0, 0.05) is 24.2 Å². The van der Waals surface area contributed by atoms with Crippen LogP contribution in [0.3, 0.4) is 0 Å². The van der Waals surface area contributed by atoms with E-state index in [0.29, 0.717) is 53.4 Å². The van der Waals surface area contributed by atoms with Gasteiger partial charge >= 0.3 is 0 Å². The first kappa shape index (κ1) is 20.1. The average Bonchev–Trinajstić information content (AvgIpc) is 3.19. The van der Waals surface area contributed by atoms with Gasteiger partial charge in [0.05, 0.1) is 10.9 Å². The van der Waals surface area contributed by atoms with E-state index in [1.165, 1.54) is 0 Å². The molecular weight excluding hydrogens is 376 g/mol. The van der Waals surface area contributed by atoms with Crippen molar-refractivity contribution in [3.8, 4) is 11.3 Å². The van der Waals surface area contributed by atoms with Gasteiger partial charge < -0.3 is 15.1 Å². The number of nitrogens with zero attached hydrogens (tertiary/aromatic N) is 1. The Hall–Kier alpha value is -2.63. The van der Waals surface area contributed by atoms with Crippen molar-refractivity contribution < 1.29 is 9.21 Å². The van der Waals surface area contributed by atoms with E-state index in [2.05, 4.69) is 0 Å². The van der Waals surface area contributed by atoms with Crippen molar-refractivity contribution in [3.05, 3.63) is 69.9 Å². The quantitative estimate of drug-likeness (QED) is 0.731. The molecule has 3 aromatic rings. The first-order valence-electron chi connectivity index (χ1n) is 9.21. The molecule has 2 N–H and O–H groups in total. The molecule has 1 saturated heterocycles. The minimum Gasteiger partial charge on any atom is -0.455 e. The van der Waals surface area contributed by atoms with Crippen LogP contribution in [0.1, 0.15) is 22.3 Å². The Bertz CT molecular complexity index is 1060. The third kappa shape index (κ3) is 3.43. The van der Waals surface area contributed by atoms with Gasteiger partial charge in [-0.25, -0.2) is 0 Å². The van der Waals surface area contributed by atoms with Gasteiger partial charge in [0.15, 0.2) is 11.0 Å².